The maximum Gasteiger partial charge on any atom is 0.146 e. The van der Waals surface area contributed by atoms with Gasteiger partial charge in [-0.3, -0.25) is 0 Å². The van der Waals surface area contributed by atoms with E-state index in [1.54, 1.807) is 0 Å². The minimum atomic E-state index is -1.01. The van der Waals surface area contributed by atoms with Gasteiger partial charge >= 0.3 is 0 Å². The molecule has 2 atom stereocenters. The molecule has 9 rings (SSSR count). The fraction of sp³-hybridized carbons (Fsp3) is 0.119. The van der Waals surface area contributed by atoms with Crippen LogP contribution in [0.4, 0.5) is 28.4 Å². The molecule has 0 aliphatic heterocycles. The van der Waals surface area contributed by atoms with Gasteiger partial charge in [0.15, 0.2) is 0 Å². The number of phenolic OH excluding ortho intramolecular Hbond substituents is 2. The fourth-order valence-corrected chi connectivity index (χ4v) is 9.18. The number of aliphatic hydroxyl groups is 2. The van der Waals surface area contributed by atoms with Gasteiger partial charge in [-0.25, -0.2) is 0 Å². The van der Waals surface area contributed by atoms with Gasteiger partial charge in [0.2, 0.25) is 0 Å². The molecular formula is C59H53BN2O4. The van der Waals surface area contributed by atoms with Gasteiger partial charge in [-0.1, -0.05) is 133 Å². The second-order valence-electron chi connectivity index (χ2n) is 17.3. The molecule has 0 saturated heterocycles. The Morgan fingerprint density at radius 2 is 0.652 bits per heavy atom. The van der Waals surface area contributed by atoms with E-state index in [0.29, 0.717) is 11.3 Å². The Morgan fingerprint density at radius 3 is 0.985 bits per heavy atom. The minimum Gasteiger partial charge on any atom is -0.509 e. The summed E-state index contributed by atoms with van der Waals surface area (Å²) >= 11 is 0. The molecule has 1 aliphatic rings. The average Bonchev–Trinajstić information content (AvgIpc) is 3.37. The molecule has 66 heavy (non-hydrogen) atoms. The van der Waals surface area contributed by atoms with Crippen molar-refractivity contribution in [2.75, 3.05) is 9.80 Å². The second-order valence-corrected chi connectivity index (χ2v) is 17.3. The molecule has 0 amide bonds. The van der Waals surface area contributed by atoms with Gasteiger partial charge in [0.1, 0.15) is 36.9 Å². The van der Waals surface area contributed by atoms with Crippen molar-refractivity contribution in [3.63, 3.8) is 0 Å². The zero-order valence-electron chi connectivity index (χ0n) is 38.2. The molecule has 6 nitrogen and oxygen atoms in total. The Morgan fingerprint density at radius 1 is 0.364 bits per heavy atom. The predicted octanol–water partition coefficient (Wildman–Crippen LogP) is 14.2. The van der Waals surface area contributed by atoms with E-state index in [4.69, 9.17) is 0 Å². The lowest BCUT2D eigenvalue weighted by Gasteiger charge is -2.38. The van der Waals surface area contributed by atoms with Crippen molar-refractivity contribution in [1.29, 1.82) is 0 Å². The quantitative estimate of drug-likeness (QED) is 0.102. The normalized spacial score (nSPS) is 14.9. The van der Waals surface area contributed by atoms with Crippen molar-refractivity contribution in [2.24, 2.45) is 0 Å². The molecule has 0 fully saturated rings. The lowest BCUT2D eigenvalue weighted by atomic mass is 9.72. The van der Waals surface area contributed by atoms with Crippen molar-refractivity contribution >= 4 is 36.3 Å². The van der Waals surface area contributed by atoms with E-state index in [1.807, 2.05) is 108 Å². The molecule has 0 spiro atoms. The molecule has 0 radical (unpaired) electrons. The molecule has 8 aromatic rings. The zero-order valence-corrected chi connectivity index (χ0v) is 38.2. The number of allylic oxidation sites excluding steroid dienone is 2. The highest BCUT2D eigenvalue weighted by molar-refractivity contribution is 6.15. The zero-order chi connectivity index (χ0) is 46.2. The minimum absolute atomic E-state index is 0.0257. The highest BCUT2D eigenvalue weighted by atomic mass is 16.3. The molecule has 8 aromatic carbocycles. The molecular weight excluding hydrogens is 811 g/mol. The van der Waals surface area contributed by atoms with Crippen LogP contribution in [0.15, 0.2) is 205 Å². The number of hydrogen-bond donors (Lipinski definition) is 4. The predicted molar refractivity (Wildman–Crippen MR) is 275 cm³/mol. The summed E-state index contributed by atoms with van der Waals surface area (Å²) in [5, 5.41) is 45.1. The van der Waals surface area contributed by atoms with E-state index >= 15 is 0 Å². The number of phenols is 2. The van der Waals surface area contributed by atoms with Crippen molar-refractivity contribution in [3.8, 4) is 56.0 Å². The lowest BCUT2D eigenvalue weighted by Crippen LogP contribution is -2.33. The third-order valence-electron chi connectivity index (χ3n) is 13.5. The van der Waals surface area contributed by atoms with Gasteiger partial charge in [0, 0.05) is 34.3 Å². The smallest absolute Gasteiger partial charge is 0.146 e. The second kappa shape index (κ2) is 18.0. The first-order valence-electron chi connectivity index (χ1n) is 22.4. The molecule has 0 bridgehead atoms. The SMILES string of the molecule is BC1C(N(c2ccc(-c3ccccc3)cc2)c2ccc(-c3ccc(-c4ccc(N(c5ccc(-c6ccccc6)cc5)c5c(O)c(C)c(C)c(C)c5O)cc4)cc3)cc2)=C(C)C(C)=C(O)C1O. The maximum absolute atomic E-state index is 11.6. The van der Waals surface area contributed by atoms with E-state index in [9.17, 15) is 20.4 Å². The third kappa shape index (κ3) is 8.03. The summed E-state index contributed by atoms with van der Waals surface area (Å²) in [4.78, 5) is 4.13. The van der Waals surface area contributed by atoms with Gasteiger partial charge in [-0.15, -0.1) is 0 Å². The van der Waals surface area contributed by atoms with Crippen LogP contribution in [0.3, 0.4) is 0 Å². The van der Waals surface area contributed by atoms with Crippen LogP contribution < -0.4 is 9.80 Å². The van der Waals surface area contributed by atoms with Crippen LogP contribution in [-0.2, 0) is 0 Å². The Balaban J connectivity index is 1.01. The molecule has 326 valence electrons. The van der Waals surface area contributed by atoms with Crippen molar-refractivity contribution in [1.82, 2.24) is 0 Å². The Bertz CT molecular complexity index is 3060. The summed E-state index contributed by atoms with van der Waals surface area (Å²) in [6.45, 7) is 9.56. The molecule has 2 unspecified atom stereocenters. The molecule has 4 N–H and O–H groups in total. The van der Waals surface area contributed by atoms with Gasteiger partial charge in [0.25, 0.3) is 0 Å². The number of nitrogens with zero attached hydrogens (tertiary/aromatic N) is 2. The van der Waals surface area contributed by atoms with Crippen LogP contribution in [0.25, 0.3) is 44.5 Å². The van der Waals surface area contributed by atoms with Gasteiger partial charge in [-0.05, 0) is 155 Å². The summed E-state index contributed by atoms with van der Waals surface area (Å²) in [6, 6.07) is 62.4. The van der Waals surface area contributed by atoms with Crippen LogP contribution in [-0.4, -0.2) is 34.4 Å². The molecule has 0 aromatic heterocycles. The largest absolute Gasteiger partial charge is 0.509 e. The number of anilines is 5. The van der Waals surface area contributed by atoms with Crippen molar-refractivity contribution in [3.05, 3.63) is 221 Å². The molecule has 0 saturated carbocycles. The monoisotopic (exact) mass is 864 g/mol. The first kappa shape index (κ1) is 43.5. The topological polar surface area (TPSA) is 87.4 Å². The van der Waals surface area contributed by atoms with Crippen molar-refractivity contribution < 1.29 is 20.4 Å². The van der Waals surface area contributed by atoms with Gasteiger partial charge in [0.05, 0.1) is 0 Å². The third-order valence-corrected chi connectivity index (χ3v) is 13.5. The van der Waals surface area contributed by atoms with Crippen LogP contribution in [0.1, 0.15) is 30.5 Å². The van der Waals surface area contributed by atoms with Crippen LogP contribution in [0.2, 0.25) is 5.82 Å². The number of aliphatic hydroxyl groups excluding tert-OH is 2. The van der Waals surface area contributed by atoms with Crippen LogP contribution in [0.5, 0.6) is 11.5 Å². The van der Waals surface area contributed by atoms with E-state index in [2.05, 4.69) is 126 Å². The molecule has 7 heteroatoms. The molecule has 0 heterocycles. The summed E-state index contributed by atoms with van der Waals surface area (Å²) in [5.41, 5.74) is 17.4. The standard InChI is InChI=1S/C59H53BN2O4/c1-36-38(3)56(63)55(57(64)39(36)4)62(51-32-22-46(23-33-51)42-14-10-7-11-15-42)52-34-26-48(27-35-52)44-18-16-43(17-19-44)47-24-30-50(31-25-47)61(54-37(2)40(5)58(65)59(66)53(54)60)49-28-20-45(21-29-49)41-12-8-6-9-13-41/h6-35,53,59,63-66H,60H2,1-5H3. The van der Waals surface area contributed by atoms with E-state index in [1.165, 1.54) is 0 Å². The highest BCUT2D eigenvalue weighted by Crippen LogP contribution is 2.50. The van der Waals surface area contributed by atoms with E-state index in [0.717, 1.165) is 95.2 Å². The molecule has 1 aliphatic carbocycles. The Labute approximate surface area is 388 Å². The first-order chi connectivity index (χ1) is 31.9. The number of benzene rings is 8. The Hall–Kier alpha value is -7.74. The number of aromatic hydroxyl groups is 2. The first-order valence-corrected chi connectivity index (χ1v) is 22.4. The Kier molecular flexibility index (Phi) is 11.9. The van der Waals surface area contributed by atoms with E-state index < -0.39 is 6.10 Å². The number of rotatable bonds is 10. The maximum atomic E-state index is 11.6. The highest BCUT2D eigenvalue weighted by Gasteiger charge is 2.35. The summed E-state index contributed by atoms with van der Waals surface area (Å²) in [7, 11) is 1.96. The summed E-state index contributed by atoms with van der Waals surface area (Å²) < 4.78 is 0. The fourth-order valence-electron chi connectivity index (χ4n) is 9.18. The van der Waals surface area contributed by atoms with Crippen LogP contribution >= 0.6 is 0 Å². The van der Waals surface area contributed by atoms with Crippen LogP contribution in [0, 0.1) is 20.8 Å². The lowest BCUT2D eigenvalue weighted by molar-refractivity contribution is 0.148. The van der Waals surface area contributed by atoms with Crippen molar-refractivity contribution in [2.45, 2.75) is 46.5 Å². The van der Waals surface area contributed by atoms with Gasteiger partial charge < -0.3 is 30.2 Å². The number of hydrogen-bond acceptors (Lipinski definition) is 6. The summed E-state index contributed by atoms with van der Waals surface area (Å²) in [6.07, 6.45) is -1.01. The average molecular weight is 865 g/mol. The van der Waals surface area contributed by atoms with E-state index in [-0.39, 0.29) is 23.1 Å². The summed E-state index contributed by atoms with van der Waals surface area (Å²) in [5.74, 6) is -0.239. The van der Waals surface area contributed by atoms with Gasteiger partial charge in [-0.2, -0.15) is 0 Å².